The van der Waals surface area contributed by atoms with Crippen LogP contribution in [0.15, 0.2) is 30.6 Å². The molecule has 2 N–H and O–H groups in total. The van der Waals surface area contributed by atoms with Crippen LogP contribution in [-0.4, -0.2) is 40.5 Å². The molecule has 1 fully saturated rings. The number of esters is 1. The Bertz CT molecular complexity index is 818. The second-order valence-electron chi connectivity index (χ2n) is 6.19. The lowest BCUT2D eigenvalue weighted by molar-refractivity contribution is -0.123. The number of fused-ring (bicyclic) bond motifs is 1. The zero-order chi connectivity index (χ0) is 18.4. The minimum absolute atomic E-state index is 0.0952. The molecule has 0 atom stereocenters. The van der Waals surface area contributed by atoms with Crippen molar-refractivity contribution in [1.82, 2.24) is 20.6 Å². The van der Waals surface area contributed by atoms with E-state index in [1.807, 2.05) is 0 Å². The van der Waals surface area contributed by atoms with Gasteiger partial charge in [0.1, 0.15) is 0 Å². The highest BCUT2D eigenvalue weighted by atomic mass is 16.5. The fourth-order valence-corrected chi connectivity index (χ4v) is 2.94. The van der Waals surface area contributed by atoms with Gasteiger partial charge in [-0.25, -0.2) is 9.59 Å². The molecule has 0 bridgehead atoms. The number of ether oxygens (including phenoxy) is 1. The molecule has 8 heteroatoms. The molecule has 0 saturated heterocycles. The number of hydrogen-bond acceptors (Lipinski definition) is 6. The van der Waals surface area contributed by atoms with Crippen LogP contribution in [0.4, 0.5) is 4.79 Å². The lowest BCUT2D eigenvalue weighted by Crippen LogP contribution is -2.46. The second kappa shape index (κ2) is 8.37. The number of amides is 3. The van der Waals surface area contributed by atoms with Gasteiger partial charge in [0.05, 0.1) is 16.6 Å². The number of rotatable bonds is 4. The maximum absolute atomic E-state index is 12.0. The molecule has 1 aromatic heterocycles. The van der Waals surface area contributed by atoms with Crippen molar-refractivity contribution >= 4 is 28.9 Å². The molecular weight excluding hydrogens is 336 g/mol. The Morgan fingerprint density at radius 1 is 1.04 bits per heavy atom. The minimum Gasteiger partial charge on any atom is -0.452 e. The van der Waals surface area contributed by atoms with Crippen LogP contribution in [0.25, 0.3) is 11.0 Å². The Morgan fingerprint density at radius 3 is 2.54 bits per heavy atom. The molecule has 0 spiro atoms. The lowest BCUT2D eigenvalue weighted by Gasteiger charge is -2.22. The van der Waals surface area contributed by atoms with E-state index in [1.165, 1.54) is 12.6 Å². The molecule has 1 aliphatic carbocycles. The number of benzene rings is 1. The van der Waals surface area contributed by atoms with Crippen molar-refractivity contribution in [3.63, 3.8) is 0 Å². The summed E-state index contributed by atoms with van der Waals surface area (Å²) >= 11 is 0. The van der Waals surface area contributed by atoms with Crippen molar-refractivity contribution in [2.75, 3.05) is 6.61 Å². The quantitative estimate of drug-likeness (QED) is 0.810. The number of imide groups is 1. The molecule has 0 aliphatic heterocycles. The van der Waals surface area contributed by atoms with E-state index in [0.29, 0.717) is 11.0 Å². The third-order valence-corrected chi connectivity index (χ3v) is 4.23. The molecule has 0 unspecified atom stereocenters. The summed E-state index contributed by atoms with van der Waals surface area (Å²) in [7, 11) is 0. The third kappa shape index (κ3) is 4.75. The predicted octanol–water partition coefficient (Wildman–Crippen LogP) is 1.95. The van der Waals surface area contributed by atoms with Crippen LogP contribution >= 0.6 is 0 Å². The number of nitrogens with one attached hydrogen (secondary N) is 2. The summed E-state index contributed by atoms with van der Waals surface area (Å²) in [5, 5.41) is 4.94. The molecule has 1 heterocycles. The average Bonchev–Trinajstić information content (AvgIpc) is 2.66. The van der Waals surface area contributed by atoms with Crippen LogP contribution in [0.1, 0.15) is 42.5 Å². The van der Waals surface area contributed by atoms with Gasteiger partial charge in [0, 0.05) is 18.4 Å². The highest BCUT2D eigenvalue weighted by Crippen LogP contribution is 2.17. The number of carbonyl (C=O) groups excluding carboxylic acids is 3. The van der Waals surface area contributed by atoms with Crippen LogP contribution < -0.4 is 10.6 Å². The van der Waals surface area contributed by atoms with E-state index in [9.17, 15) is 14.4 Å². The minimum atomic E-state index is -0.674. The van der Waals surface area contributed by atoms with Crippen LogP contribution in [0.5, 0.6) is 0 Å². The smallest absolute Gasteiger partial charge is 0.338 e. The third-order valence-electron chi connectivity index (χ3n) is 4.23. The summed E-state index contributed by atoms with van der Waals surface area (Å²) in [6.07, 6.45) is 8.25. The fourth-order valence-electron chi connectivity index (χ4n) is 2.94. The first-order valence-electron chi connectivity index (χ1n) is 8.60. The van der Waals surface area contributed by atoms with Crippen molar-refractivity contribution < 1.29 is 19.1 Å². The summed E-state index contributed by atoms with van der Waals surface area (Å²) in [4.78, 5) is 43.8. The van der Waals surface area contributed by atoms with E-state index in [4.69, 9.17) is 4.74 Å². The van der Waals surface area contributed by atoms with Gasteiger partial charge in [0.15, 0.2) is 6.61 Å². The highest BCUT2D eigenvalue weighted by Gasteiger charge is 2.18. The Kier molecular flexibility index (Phi) is 5.73. The molecule has 3 amide bonds. The molecular formula is C18H20N4O4. The topological polar surface area (TPSA) is 110 Å². The molecule has 3 rings (SSSR count). The van der Waals surface area contributed by atoms with Gasteiger partial charge in [-0.2, -0.15) is 0 Å². The van der Waals surface area contributed by atoms with Crippen molar-refractivity contribution in [3.8, 4) is 0 Å². The zero-order valence-electron chi connectivity index (χ0n) is 14.2. The molecule has 26 heavy (non-hydrogen) atoms. The number of aromatic nitrogens is 2. The summed E-state index contributed by atoms with van der Waals surface area (Å²) in [6.45, 7) is -0.532. The van der Waals surface area contributed by atoms with E-state index in [2.05, 4.69) is 20.6 Å². The summed E-state index contributed by atoms with van der Waals surface area (Å²) in [5.74, 6) is -1.34. The maximum atomic E-state index is 12.0. The second-order valence-corrected chi connectivity index (χ2v) is 6.19. The van der Waals surface area contributed by atoms with Gasteiger partial charge in [0.2, 0.25) is 0 Å². The van der Waals surface area contributed by atoms with Gasteiger partial charge in [-0.05, 0) is 31.0 Å². The van der Waals surface area contributed by atoms with E-state index in [1.54, 1.807) is 24.4 Å². The van der Waals surface area contributed by atoms with Crippen molar-refractivity contribution in [1.29, 1.82) is 0 Å². The Balaban J connectivity index is 1.46. The predicted molar refractivity (Wildman–Crippen MR) is 93.4 cm³/mol. The van der Waals surface area contributed by atoms with Crippen LogP contribution in [-0.2, 0) is 9.53 Å². The summed E-state index contributed by atoms with van der Waals surface area (Å²) in [6, 6.07) is 4.28. The van der Waals surface area contributed by atoms with Gasteiger partial charge in [0.25, 0.3) is 5.91 Å². The number of nitrogens with zero attached hydrogens (tertiary/aromatic N) is 2. The SMILES string of the molecule is O=C(COC(=O)c1ccc2nccnc2c1)NC(=O)NC1CCCCC1. The van der Waals surface area contributed by atoms with E-state index >= 15 is 0 Å². The number of carbonyl (C=O) groups is 3. The van der Waals surface area contributed by atoms with Gasteiger partial charge in [-0.3, -0.25) is 20.1 Å². The van der Waals surface area contributed by atoms with Crippen molar-refractivity contribution in [3.05, 3.63) is 36.2 Å². The van der Waals surface area contributed by atoms with Gasteiger partial charge >= 0.3 is 12.0 Å². The van der Waals surface area contributed by atoms with Gasteiger partial charge in [-0.1, -0.05) is 19.3 Å². The molecule has 1 aliphatic rings. The molecule has 8 nitrogen and oxygen atoms in total. The highest BCUT2D eigenvalue weighted by molar-refractivity contribution is 5.98. The molecule has 136 valence electrons. The van der Waals surface area contributed by atoms with E-state index < -0.39 is 24.5 Å². The standard InChI is InChI=1S/C18H20N4O4/c23-16(22-18(25)21-13-4-2-1-3-5-13)11-26-17(24)12-6-7-14-15(10-12)20-9-8-19-14/h6-10,13H,1-5,11H2,(H2,21,22,23,25). The molecule has 1 saturated carbocycles. The van der Waals surface area contributed by atoms with Gasteiger partial charge < -0.3 is 10.1 Å². The van der Waals surface area contributed by atoms with Crippen LogP contribution in [0.3, 0.4) is 0 Å². The van der Waals surface area contributed by atoms with Crippen molar-refractivity contribution in [2.24, 2.45) is 0 Å². The first-order valence-corrected chi connectivity index (χ1v) is 8.60. The number of hydrogen-bond donors (Lipinski definition) is 2. The molecule has 2 aromatic rings. The summed E-state index contributed by atoms with van der Waals surface area (Å²) < 4.78 is 4.95. The molecule has 0 radical (unpaired) electrons. The van der Waals surface area contributed by atoms with E-state index in [0.717, 1.165) is 25.7 Å². The number of urea groups is 1. The lowest BCUT2D eigenvalue weighted by atomic mass is 9.96. The first kappa shape index (κ1) is 17.8. The van der Waals surface area contributed by atoms with Gasteiger partial charge in [-0.15, -0.1) is 0 Å². The molecule has 1 aromatic carbocycles. The summed E-state index contributed by atoms with van der Waals surface area (Å²) in [5.41, 5.74) is 1.47. The van der Waals surface area contributed by atoms with Crippen LogP contribution in [0, 0.1) is 0 Å². The fraction of sp³-hybridized carbons (Fsp3) is 0.389. The first-order chi connectivity index (χ1) is 12.6. The van der Waals surface area contributed by atoms with Crippen LogP contribution in [0.2, 0.25) is 0 Å². The monoisotopic (exact) mass is 356 g/mol. The normalized spacial score (nSPS) is 14.6. The Morgan fingerprint density at radius 2 is 1.77 bits per heavy atom. The largest absolute Gasteiger partial charge is 0.452 e. The zero-order valence-corrected chi connectivity index (χ0v) is 14.2. The maximum Gasteiger partial charge on any atom is 0.338 e. The van der Waals surface area contributed by atoms with E-state index in [-0.39, 0.29) is 11.6 Å². The average molecular weight is 356 g/mol. The Hall–Kier alpha value is -3.03. The van der Waals surface area contributed by atoms with Crippen molar-refractivity contribution in [2.45, 2.75) is 38.1 Å². The Labute approximate surface area is 150 Å².